The van der Waals surface area contributed by atoms with Gasteiger partial charge in [-0.1, -0.05) is 6.92 Å². The molecule has 11 nitrogen and oxygen atoms in total. The maximum absolute atomic E-state index is 12.3. The highest BCUT2D eigenvalue weighted by Crippen LogP contribution is 2.25. The molecular weight excluding hydrogens is 448 g/mol. The molecule has 178 valence electrons. The fourth-order valence-electron chi connectivity index (χ4n) is 2.43. The molecule has 0 aromatic heterocycles. The summed E-state index contributed by atoms with van der Waals surface area (Å²) in [4.78, 5) is 27.5. The Bertz CT molecular complexity index is 955. The van der Waals surface area contributed by atoms with Crippen molar-refractivity contribution in [3.05, 3.63) is 35.7 Å². The minimum Gasteiger partial charge on any atom is -0.380 e. The zero-order valence-electron chi connectivity index (χ0n) is 18.8. The lowest BCUT2D eigenvalue weighted by atomic mass is 9.98. The Morgan fingerprint density at radius 1 is 1.21 bits per heavy atom. The predicted octanol–water partition coefficient (Wildman–Crippen LogP) is 3.60. The monoisotopic (exact) mass is 476 g/mol. The second-order valence-electron chi connectivity index (χ2n) is 7.64. The molecule has 0 fully saturated rings. The van der Waals surface area contributed by atoms with Crippen molar-refractivity contribution in [2.24, 2.45) is 10.2 Å². The lowest BCUT2D eigenvalue weighted by molar-refractivity contribution is -0.121. The van der Waals surface area contributed by atoms with Crippen LogP contribution in [0.25, 0.3) is 4.85 Å². The minimum atomic E-state index is -2.44. The summed E-state index contributed by atoms with van der Waals surface area (Å²) in [5, 5.41) is 22.9. The Morgan fingerprint density at radius 2 is 1.85 bits per heavy atom. The van der Waals surface area contributed by atoms with Crippen molar-refractivity contribution >= 4 is 28.9 Å². The molecule has 0 aliphatic heterocycles. The van der Waals surface area contributed by atoms with Crippen molar-refractivity contribution < 1.29 is 22.5 Å². The van der Waals surface area contributed by atoms with Gasteiger partial charge in [0.05, 0.1) is 12.5 Å². The van der Waals surface area contributed by atoms with E-state index in [1.165, 1.54) is 31.2 Å². The number of nitrogens with zero attached hydrogens (tertiary/aromatic N) is 4. The molecule has 1 aromatic rings. The van der Waals surface area contributed by atoms with Crippen LogP contribution < -0.4 is 14.8 Å². The van der Waals surface area contributed by atoms with Crippen LogP contribution in [0.5, 0.6) is 5.75 Å². The molecule has 0 aliphatic rings. The average Bonchev–Trinajstić information content (AvgIpc) is 2.79. The van der Waals surface area contributed by atoms with Gasteiger partial charge in [-0.05, 0) is 44.0 Å². The highest BCUT2D eigenvalue weighted by Gasteiger charge is 2.33. The Hall–Kier alpha value is -3.35. The highest BCUT2D eigenvalue weighted by atomic mass is 32.2. The molecule has 1 rings (SSSR count). The molecule has 0 spiro atoms. The van der Waals surface area contributed by atoms with E-state index in [1.807, 2.05) is 13.0 Å². The van der Waals surface area contributed by atoms with E-state index < -0.39 is 22.6 Å². The number of azo groups is 1. The molecule has 0 bridgehead atoms. The van der Waals surface area contributed by atoms with Gasteiger partial charge in [-0.25, -0.2) is 6.57 Å². The summed E-state index contributed by atoms with van der Waals surface area (Å²) in [5.41, 5.74) is -2.16. The van der Waals surface area contributed by atoms with Gasteiger partial charge >= 0.3 is 17.0 Å². The number of amides is 2. The summed E-state index contributed by atoms with van der Waals surface area (Å²) < 4.78 is 23.9. The molecule has 3 unspecified atom stereocenters. The zero-order valence-corrected chi connectivity index (χ0v) is 19.6. The Morgan fingerprint density at radius 3 is 2.39 bits per heavy atom. The molecule has 0 saturated heterocycles. The quantitative estimate of drug-likeness (QED) is 0.224. The summed E-state index contributed by atoms with van der Waals surface area (Å²) >= 11 is -2.44. The van der Waals surface area contributed by atoms with Gasteiger partial charge in [0, 0.05) is 32.0 Å². The fraction of sp³-hybridized carbons (Fsp3) is 0.524. The molecule has 12 heteroatoms. The van der Waals surface area contributed by atoms with E-state index in [0.717, 1.165) is 6.42 Å². The summed E-state index contributed by atoms with van der Waals surface area (Å²) in [5.74, 6) is -0.379. The molecule has 0 aliphatic carbocycles. The number of carbonyl (C=O) groups is 2. The van der Waals surface area contributed by atoms with E-state index in [4.69, 9.17) is 11.1 Å². The van der Waals surface area contributed by atoms with E-state index >= 15 is 0 Å². The largest absolute Gasteiger partial charge is 0.380 e. The van der Waals surface area contributed by atoms with Gasteiger partial charge in [0.1, 0.15) is 5.75 Å². The predicted molar refractivity (Wildman–Crippen MR) is 122 cm³/mol. The summed E-state index contributed by atoms with van der Waals surface area (Å²) in [6.07, 6.45) is 1.11. The maximum Gasteiger partial charge on any atom is 0.357 e. The van der Waals surface area contributed by atoms with E-state index in [1.54, 1.807) is 6.92 Å². The van der Waals surface area contributed by atoms with Crippen LogP contribution in [0.15, 0.2) is 34.5 Å². The van der Waals surface area contributed by atoms with Gasteiger partial charge in [0.25, 0.3) is 0 Å². The van der Waals surface area contributed by atoms with Crippen LogP contribution in [0.3, 0.4) is 0 Å². The average molecular weight is 477 g/mol. The van der Waals surface area contributed by atoms with Crippen molar-refractivity contribution in [1.82, 2.24) is 5.32 Å². The van der Waals surface area contributed by atoms with Gasteiger partial charge in [-0.15, -0.1) is 5.11 Å². The normalized spacial score (nSPS) is 15.3. The number of hydrogen-bond donors (Lipinski definition) is 3. The third kappa shape index (κ3) is 10.7. The van der Waals surface area contributed by atoms with Crippen molar-refractivity contribution in [2.75, 3.05) is 11.9 Å². The van der Waals surface area contributed by atoms with E-state index in [2.05, 4.69) is 29.9 Å². The lowest BCUT2D eigenvalue weighted by Crippen LogP contribution is -2.28. The van der Waals surface area contributed by atoms with Crippen LogP contribution in [0.1, 0.15) is 52.9 Å². The SMILES string of the molecule is [C-]#[N+]C(C)(CCC(=O)Nc1ccc(OS(=O)O)cc1)N=NC(C)(C#N)CCC(=O)NCCC. The standard InChI is InChI=1S/C21H28N6O5S/c1-5-14-24-18(28)10-12-20(2,15-22)26-27-21(3,23-4)13-11-19(29)25-16-6-8-17(9-7-16)32-33(30)31/h6-9H,5,10-14H2,1-3H3,(H,24,28)(H,25,29)(H,30,31). The molecule has 0 heterocycles. The molecular formula is C21H28N6O5S. The number of nitriles is 1. The first-order chi connectivity index (χ1) is 15.5. The molecule has 3 N–H and O–H groups in total. The van der Waals surface area contributed by atoms with Crippen LogP contribution in [-0.4, -0.2) is 38.3 Å². The van der Waals surface area contributed by atoms with Crippen LogP contribution in [0.4, 0.5) is 5.69 Å². The second kappa shape index (κ2) is 13.3. The van der Waals surface area contributed by atoms with Crippen molar-refractivity contribution in [1.29, 1.82) is 5.26 Å². The molecule has 33 heavy (non-hydrogen) atoms. The van der Waals surface area contributed by atoms with Crippen molar-refractivity contribution in [3.8, 4) is 11.8 Å². The minimum absolute atomic E-state index is 0.0283. The topological polar surface area (TPSA) is 158 Å². The molecule has 1 aromatic carbocycles. The first-order valence-electron chi connectivity index (χ1n) is 10.2. The zero-order chi connectivity index (χ0) is 24.9. The van der Waals surface area contributed by atoms with Gasteiger partial charge in [-0.3, -0.25) is 19.0 Å². The lowest BCUT2D eigenvalue weighted by Gasteiger charge is -2.17. The summed E-state index contributed by atoms with van der Waals surface area (Å²) in [6, 6.07) is 7.88. The van der Waals surface area contributed by atoms with Gasteiger partial charge in [0.2, 0.25) is 11.8 Å². The molecule has 0 radical (unpaired) electrons. The van der Waals surface area contributed by atoms with E-state index in [9.17, 15) is 19.1 Å². The van der Waals surface area contributed by atoms with Crippen LogP contribution >= 0.6 is 0 Å². The van der Waals surface area contributed by atoms with Crippen LogP contribution in [-0.2, 0) is 21.0 Å². The first kappa shape index (κ1) is 27.7. The number of hydrogen-bond acceptors (Lipinski definition) is 7. The smallest absolute Gasteiger partial charge is 0.357 e. The highest BCUT2D eigenvalue weighted by molar-refractivity contribution is 7.74. The Kier molecular flexibility index (Phi) is 11.1. The second-order valence-corrected chi connectivity index (χ2v) is 8.24. The number of benzene rings is 1. The summed E-state index contributed by atoms with van der Waals surface area (Å²) in [6.45, 7) is 13.0. The van der Waals surface area contributed by atoms with Crippen LogP contribution in [0, 0.1) is 17.9 Å². The summed E-state index contributed by atoms with van der Waals surface area (Å²) in [7, 11) is 0. The number of rotatable bonds is 13. The molecule has 2 amide bonds. The Balaban J connectivity index is 2.67. The Labute approximate surface area is 195 Å². The van der Waals surface area contributed by atoms with Crippen LogP contribution in [0.2, 0.25) is 0 Å². The third-order valence-electron chi connectivity index (χ3n) is 4.51. The number of anilines is 1. The van der Waals surface area contributed by atoms with Gasteiger partial charge < -0.3 is 14.8 Å². The maximum atomic E-state index is 12.3. The van der Waals surface area contributed by atoms with Crippen molar-refractivity contribution in [3.63, 3.8) is 0 Å². The third-order valence-corrected chi connectivity index (χ3v) is 4.85. The molecule has 3 atom stereocenters. The first-order valence-corrected chi connectivity index (χ1v) is 11.3. The number of carbonyl (C=O) groups excluding carboxylic acids is 2. The number of nitrogens with one attached hydrogen (secondary N) is 2. The fourth-order valence-corrected chi connectivity index (χ4v) is 2.71. The van der Waals surface area contributed by atoms with Crippen molar-refractivity contribution in [2.45, 2.75) is 64.1 Å². The van der Waals surface area contributed by atoms with Gasteiger partial charge in [0.15, 0.2) is 5.54 Å². The van der Waals surface area contributed by atoms with E-state index in [-0.39, 0.29) is 43.2 Å². The van der Waals surface area contributed by atoms with Gasteiger partial charge in [-0.2, -0.15) is 14.6 Å². The van der Waals surface area contributed by atoms with E-state index in [0.29, 0.717) is 12.2 Å². The molecule has 0 saturated carbocycles.